The summed E-state index contributed by atoms with van der Waals surface area (Å²) >= 11 is 6.56. The first kappa shape index (κ1) is 33.7. The maximum Gasteiger partial charge on any atom is 0.264 e. The van der Waals surface area contributed by atoms with Gasteiger partial charge in [0.05, 0.1) is 10.6 Å². The maximum atomic E-state index is 14.5. The van der Waals surface area contributed by atoms with Gasteiger partial charge in [-0.1, -0.05) is 90.8 Å². The Labute approximate surface area is 271 Å². The van der Waals surface area contributed by atoms with Gasteiger partial charge in [-0.05, 0) is 79.8 Å². The molecule has 0 fully saturated rings. The third-order valence-corrected chi connectivity index (χ3v) is 9.94. The minimum absolute atomic E-state index is 0.0148. The highest BCUT2D eigenvalue weighted by molar-refractivity contribution is 7.92. The predicted molar refractivity (Wildman–Crippen MR) is 181 cm³/mol. The smallest absolute Gasteiger partial charge is 0.264 e. The van der Waals surface area contributed by atoms with Crippen molar-refractivity contribution < 1.29 is 18.0 Å². The Morgan fingerprint density at radius 2 is 1.51 bits per heavy atom. The molecule has 0 unspecified atom stereocenters. The monoisotopic (exact) mass is 645 g/mol. The highest BCUT2D eigenvalue weighted by atomic mass is 35.5. The van der Waals surface area contributed by atoms with Crippen LogP contribution in [0.1, 0.15) is 41.2 Å². The first-order valence-electron chi connectivity index (χ1n) is 15.0. The van der Waals surface area contributed by atoms with Gasteiger partial charge >= 0.3 is 0 Å². The molecule has 1 atom stereocenters. The molecule has 0 aliphatic carbocycles. The van der Waals surface area contributed by atoms with E-state index >= 15 is 0 Å². The fraction of sp³-hybridized carbons (Fsp3) is 0.278. The SMILES string of the molecule is CCCNC(=O)[C@@H](Cc1ccccc1)N(Cc1ccccc1Cl)C(=O)CN(c1ccc(C)c(C)c1)S(=O)(=O)c1ccc(C)cc1. The number of aryl methyl sites for hydroxylation is 3. The number of hydrogen-bond acceptors (Lipinski definition) is 4. The normalized spacial score (nSPS) is 11.9. The second-order valence-electron chi connectivity index (χ2n) is 11.2. The molecule has 4 rings (SSSR count). The van der Waals surface area contributed by atoms with Gasteiger partial charge in [-0.3, -0.25) is 13.9 Å². The minimum Gasteiger partial charge on any atom is -0.354 e. The average molecular weight is 646 g/mol. The van der Waals surface area contributed by atoms with Crippen molar-refractivity contribution in [2.24, 2.45) is 0 Å². The third-order valence-electron chi connectivity index (χ3n) is 7.79. The van der Waals surface area contributed by atoms with Gasteiger partial charge in [0.2, 0.25) is 11.8 Å². The molecule has 2 amide bonds. The van der Waals surface area contributed by atoms with Gasteiger partial charge in [0.1, 0.15) is 12.6 Å². The zero-order chi connectivity index (χ0) is 32.6. The van der Waals surface area contributed by atoms with E-state index in [2.05, 4.69) is 5.32 Å². The molecule has 9 heteroatoms. The Hall–Kier alpha value is -4.14. The zero-order valence-corrected chi connectivity index (χ0v) is 27.7. The number of anilines is 1. The highest BCUT2D eigenvalue weighted by Crippen LogP contribution is 2.28. The van der Waals surface area contributed by atoms with Crippen molar-refractivity contribution >= 4 is 39.1 Å². The largest absolute Gasteiger partial charge is 0.354 e. The van der Waals surface area contributed by atoms with Crippen molar-refractivity contribution in [2.45, 2.75) is 58.0 Å². The number of nitrogens with zero attached hydrogens (tertiary/aromatic N) is 2. The van der Waals surface area contributed by atoms with Crippen LogP contribution in [0.3, 0.4) is 0 Å². The Morgan fingerprint density at radius 3 is 2.16 bits per heavy atom. The molecule has 0 aliphatic heterocycles. The molecule has 0 heterocycles. The Bertz CT molecular complexity index is 1730. The number of rotatable bonds is 13. The van der Waals surface area contributed by atoms with E-state index < -0.39 is 28.5 Å². The van der Waals surface area contributed by atoms with Crippen molar-refractivity contribution in [3.63, 3.8) is 0 Å². The van der Waals surface area contributed by atoms with Crippen LogP contribution in [0.25, 0.3) is 0 Å². The van der Waals surface area contributed by atoms with E-state index in [0.717, 1.165) is 33.0 Å². The van der Waals surface area contributed by atoms with Crippen molar-refractivity contribution in [1.29, 1.82) is 0 Å². The first-order valence-corrected chi connectivity index (χ1v) is 16.8. The van der Waals surface area contributed by atoms with Crippen molar-refractivity contribution in [3.05, 3.63) is 130 Å². The van der Waals surface area contributed by atoms with Crippen LogP contribution in [0.2, 0.25) is 5.02 Å². The highest BCUT2D eigenvalue weighted by Gasteiger charge is 2.35. The number of carbonyl (C=O) groups excluding carboxylic acids is 2. The molecule has 0 radical (unpaired) electrons. The number of sulfonamides is 1. The van der Waals surface area contributed by atoms with Gasteiger partial charge in [-0.25, -0.2) is 8.42 Å². The van der Waals surface area contributed by atoms with Crippen molar-refractivity contribution in [1.82, 2.24) is 10.2 Å². The molecular formula is C36H40ClN3O4S. The van der Waals surface area contributed by atoms with E-state index in [1.807, 2.05) is 70.2 Å². The topological polar surface area (TPSA) is 86.8 Å². The van der Waals surface area contributed by atoms with Crippen LogP contribution in [0.5, 0.6) is 0 Å². The fourth-order valence-electron chi connectivity index (χ4n) is 4.98. The minimum atomic E-state index is -4.17. The Balaban J connectivity index is 1.82. The second-order valence-corrected chi connectivity index (χ2v) is 13.5. The average Bonchev–Trinajstić information content (AvgIpc) is 3.03. The van der Waals surface area contributed by atoms with Crippen LogP contribution in [-0.4, -0.2) is 44.3 Å². The lowest BCUT2D eigenvalue weighted by Crippen LogP contribution is -2.53. The molecule has 45 heavy (non-hydrogen) atoms. The lowest BCUT2D eigenvalue weighted by atomic mass is 10.0. The quantitative estimate of drug-likeness (QED) is 0.177. The summed E-state index contributed by atoms with van der Waals surface area (Å²) in [6.07, 6.45) is 0.957. The van der Waals surface area contributed by atoms with E-state index in [1.165, 1.54) is 4.90 Å². The van der Waals surface area contributed by atoms with E-state index in [4.69, 9.17) is 11.6 Å². The molecule has 0 saturated carbocycles. The van der Waals surface area contributed by atoms with Gasteiger partial charge in [0.25, 0.3) is 10.0 Å². The third kappa shape index (κ3) is 8.53. The standard InChI is InChI=1S/C36H40ClN3O4S/c1-5-21-38-36(42)34(23-29-11-7-6-8-12-29)39(24-30-13-9-10-14-33(30)37)35(41)25-40(31-18-17-27(3)28(4)22-31)45(43,44)32-19-15-26(2)16-20-32/h6-20,22,34H,5,21,23-25H2,1-4H3,(H,38,42)/t34-/m1/s1. The van der Waals surface area contributed by atoms with Crippen LogP contribution in [-0.2, 0) is 32.6 Å². The maximum absolute atomic E-state index is 14.5. The number of hydrogen-bond donors (Lipinski definition) is 1. The summed E-state index contributed by atoms with van der Waals surface area (Å²) in [6, 6.07) is 27.5. The number of halogens is 1. The van der Waals surface area contributed by atoms with Crippen LogP contribution in [0.4, 0.5) is 5.69 Å². The Morgan fingerprint density at radius 1 is 0.844 bits per heavy atom. The molecule has 4 aromatic carbocycles. The summed E-state index contributed by atoms with van der Waals surface area (Å²) in [7, 11) is -4.17. The molecule has 0 aliphatic rings. The lowest BCUT2D eigenvalue weighted by Gasteiger charge is -2.34. The summed E-state index contributed by atoms with van der Waals surface area (Å²) in [6.45, 7) is 7.61. The van der Waals surface area contributed by atoms with Gasteiger partial charge < -0.3 is 10.2 Å². The van der Waals surface area contributed by atoms with Gasteiger partial charge in [-0.2, -0.15) is 0 Å². The van der Waals surface area contributed by atoms with Crippen LogP contribution in [0.15, 0.2) is 102 Å². The summed E-state index contributed by atoms with van der Waals surface area (Å²) in [5, 5.41) is 3.40. The molecule has 0 aromatic heterocycles. The molecule has 0 spiro atoms. The summed E-state index contributed by atoms with van der Waals surface area (Å²) in [4.78, 5) is 29.8. The molecule has 7 nitrogen and oxygen atoms in total. The lowest BCUT2D eigenvalue weighted by molar-refractivity contribution is -0.140. The first-order chi connectivity index (χ1) is 21.5. The number of benzene rings is 4. The predicted octanol–water partition coefficient (Wildman–Crippen LogP) is 6.63. The second kappa shape index (κ2) is 15.2. The molecule has 1 N–H and O–H groups in total. The molecule has 0 bridgehead atoms. The zero-order valence-electron chi connectivity index (χ0n) is 26.2. The van der Waals surface area contributed by atoms with Crippen LogP contribution < -0.4 is 9.62 Å². The summed E-state index contributed by atoms with van der Waals surface area (Å²) in [5.74, 6) is -0.850. The van der Waals surface area contributed by atoms with Crippen molar-refractivity contribution in [3.8, 4) is 0 Å². The number of nitrogens with one attached hydrogen (secondary N) is 1. The van der Waals surface area contributed by atoms with E-state index in [9.17, 15) is 18.0 Å². The summed E-state index contributed by atoms with van der Waals surface area (Å²) in [5.41, 5.74) is 4.67. The van der Waals surface area contributed by atoms with Crippen molar-refractivity contribution in [2.75, 3.05) is 17.4 Å². The van der Waals surface area contributed by atoms with E-state index in [0.29, 0.717) is 22.8 Å². The fourth-order valence-corrected chi connectivity index (χ4v) is 6.58. The van der Waals surface area contributed by atoms with Gasteiger partial charge in [0.15, 0.2) is 0 Å². The van der Waals surface area contributed by atoms with Gasteiger partial charge in [0, 0.05) is 24.5 Å². The van der Waals surface area contributed by atoms with Crippen LogP contribution >= 0.6 is 11.6 Å². The molecule has 236 valence electrons. The van der Waals surface area contributed by atoms with Gasteiger partial charge in [-0.15, -0.1) is 0 Å². The van der Waals surface area contributed by atoms with Crippen LogP contribution in [0, 0.1) is 20.8 Å². The molecular weight excluding hydrogens is 606 g/mol. The van der Waals surface area contributed by atoms with E-state index in [1.54, 1.807) is 54.6 Å². The number of amides is 2. The summed E-state index contributed by atoms with van der Waals surface area (Å²) < 4.78 is 29.5. The number of carbonyl (C=O) groups is 2. The molecule has 4 aromatic rings. The molecule has 0 saturated heterocycles. The Kier molecular flexibility index (Phi) is 11.4. The van der Waals surface area contributed by atoms with E-state index in [-0.39, 0.29) is 23.8 Å².